The molecular formula is C41H45Cl2F7N10O3S3. The Morgan fingerprint density at radius 3 is 1.62 bits per heavy atom. The van der Waals surface area contributed by atoms with Gasteiger partial charge in [-0.25, -0.2) is 0 Å². The maximum absolute atomic E-state index is 14.5. The largest absolute Gasteiger partial charge is 0.523 e. The summed E-state index contributed by atoms with van der Waals surface area (Å²) in [6.45, 7) is 2.63. The number of H-pyrrole nitrogens is 2. The number of piperidine rings is 2. The molecule has 25 heteroatoms. The van der Waals surface area contributed by atoms with Crippen molar-refractivity contribution < 1.29 is 43.3 Å². The first-order valence-electron chi connectivity index (χ1n) is 20.4. The van der Waals surface area contributed by atoms with Gasteiger partial charge in [0.15, 0.2) is 0 Å². The zero-order chi connectivity index (χ0) is 47.4. The first kappa shape index (κ1) is 51.0. The second-order valence-corrected chi connectivity index (χ2v) is 20.3. The monoisotopic (exact) mass is 1020 g/mol. The molecular weight excluding hydrogens is 981 g/mol. The minimum atomic E-state index is -6.05. The molecule has 0 bridgehead atoms. The van der Waals surface area contributed by atoms with Gasteiger partial charge in [0.25, 0.3) is 0 Å². The normalized spacial score (nSPS) is 15.7. The molecule has 8 heterocycles. The van der Waals surface area contributed by atoms with E-state index >= 15 is 0 Å². The van der Waals surface area contributed by atoms with Crippen LogP contribution >= 0.6 is 45.9 Å². The van der Waals surface area contributed by atoms with Gasteiger partial charge in [-0.2, -0.15) is 49.3 Å². The van der Waals surface area contributed by atoms with Crippen molar-refractivity contribution in [3.05, 3.63) is 126 Å². The van der Waals surface area contributed by atoms with Gasteiger partial charge >= 0.3 is 27.5 Å². The van der Waals surface area contributed by atoms with Crippen LogP contribution in [0.15, 0.2) is 85.2 Å². The second kappa shape index (κ2) is 23.1. The SMILES string of the molecule is Clc1ccc(CNc2cc(C3CCNCC3)[nH]n2)s1.FC(F)(CN1CCC(c2cc(NCc3ccc(Cl)s3)n[nH]2)CC1)c1ccccn1.O=S(=O)(OCC(F)(F)c1ccccn1)C(F)(F)F. The van der Waals surface area contributed by atoms with Crippen molar-refractivity contribution in [2.24, 2.45) is 0 Å². The molecule has 0 aliphatic carbocycles. The quantitative estimate of drug-likeness (QED) is 0.0378. The van der Waals surface area contributed by atoms with E-state index in [1.165, 1.54) is 59.1 Å². The summed E-state index contributed by atoms with van der Waals surface area (Å²) in [4.78, 5) is 11.2. The number of hydrogen-bond donors (Lipinski definition) is 5. The number of likely N-dealkylation sites (tertiary alicyclic amines) is 1. The van der Waals surface area contributed by atoms with Crippen LogP contribution < -0.4 is 16.0 Å². The van der Waals surface area contributed by atoms with Crippen molar-refractivity contribution >= 4 is 67.6 Å². The average molecular weight is 1030 g/mol. The molecule has 0 aromatic carbocycles. The van der Waals surface area contributed by atoms with Gasteiger partial charge in [0, 0.05) is 57.5 Å². The van der Waals surface area contributed by atoms with E-state index in [1.54, 1.807) is 23.5 Å². The highest BCUT2D eigenvalue weighted by atomic mass is 35.5. The van der Waals surface area contributed by atoms with E-state index in [9.17, 15) is 39.2 Å². The molecule has 6 aromatic heterocycles. The fraction of sp³-hybridized carbons (Fsp3) is 0.415. The van der Waals surface area contributed by atoms with Crippen LogP contribution in [-0.2, 0) is 39.2 Å². The number of hydrogen-bond acceptors (Lipinski definition) is 13. The summed E-state index contributed by atoms with van der Waals surface area (Å²) >= 11 is 15.0. The molecule has 0 unspecified atom stereocenters. The molecule has 0 atom stereocenters. The molecule has 358 valence electrons. The predicted octanol–water partition coefficient (Wildman–Crippen LogP) is 10.3. The highest BCUT2D eigenvalue weighted by Crippen LogP contribution is 2.34. The van der Waals surface area contributed by atoms with E-state index in [4.69, 9.17) is 23.2 Å². The van der Waals surface area contributed by atoms with E-state index in [0.29, 0.717) is 31.5 Å². The Balaban J connectivity index is 0.000000171. The summed E-state index contributed by atoms with van der Waals surface area (Å²) in [6, 6.07) is 19.9. The maximum atomic E-state index is 14.5. The average Bonchev–Trinajstić information content (AvgIpc) is 4.15. The Hall–Kier alpha value is -4.36. The lowest BCUT2D eigenvalue weighted by molar-refractivity contribution is -0.0762. The highest BCUT2D eigenvalue weighted by Gasteiger charge is 2.49. The summed E-state index contributed by atoms with van der Waals surface area (Å²) in [5.74, 6) is -4.27. The number of pyridine rings is 2. The summed E-state index contributed by atoms with van der Waals surface area (Å²) in [5, 5.41) is 24.9. The second-order valence-electron chi connectivity index (χ2n) is 15.1. The molecule has 2 aliphatic heterocycles. The number of anilines is 2. The third-order valence-electron chi connectivity index (χ3n) is 10.3. The maximum Gasteiger partial charge on any atom is 0.523 e. The molecule has 8 rings (SSSR count). The van der Waals surface area contributed by atoms with Crippen LogP contribution in [-0.4, -0.2) is 88.5 Å². The topological polar surface area (TPSA) is 166 Å². The third-order valence-corrected chi connectivity index (χ3v) is 13.8. The van der Waals surface area contributed by atoms with Crippen LogP contribution in [0.1, 0.15) is 70.0 Å². The van der Waals surface area contributed by atoms with E-state index in [0.717, 1.165) is 75.6 Å². The zero-order valence-corrected chi connectivity index (χ0v) is 38.8. The highest BCUT2D eigenvalue weighted by molar-refractivity contribution is 7.87. The number of aromatic amines is 2. The lowest BCUT2D eigenvalue weighted by Gasteiger charge is -2.33. The van der Waals surface area contributed by atoms with Crippen LogP contribution in [0.5, 0.6) is 0 Å². The molecule has 0 amide bonds. The van der Waals surface area contributed by atoms with Crippen molar-refractivity contribution in [2.75, 3.05) is 50.0 Å². The van der Waals surface area contributed by atoms with Crippen LogP contribution in [0.2, 0.25) is 8.67 Å². The molecule has 66 heavy (non-hydrogen) atoms. The van der Waals surface area contributed by atoms with Crippen LogP contribution in [0.25, 0.3) is 0 Å². The Labute approximate surface area is 394 Å². The van der Waals surface area contributed by atoms with E-state index in [-0.39, 0.29) is 12.2 Å². The molecule has 6 aromatic rings. The Bertz CT molecular complexity index is 2500. The predicted molar refractivity (Wildman–Crippen MR) is 241 cm³/mol. The number of nitrogens with zero attached hydrogens (tertiary/aromatic N) is 5. The van der Waals surface area contributed by atoms with E-state index < -0.39 is 39.8 Å². The van der Waals surface area contributed by atoms with Crippen molar-refractivity contribution in [3.63, 3.8) is 0 Å². The first-order valence-corrected chi connectivity index (χ1v) is 24.2. The summed E-state index contributed by atoms with van der Waals surface area (Å²) in [7, 11) is -6.05. The van der Waals surface area contributed by atoms with Crippen molar-refractivity contribution in [3.8, 4) is 0 Å². The van der Waals surface area contributed by atoms with Gasteiger partial charge in [-0.05, 0) is 100 Å². The Morgan fingerprint density at radius 2 is 1.18 bits per heavy atom. The summed E-state index contributed by atoms with van der Waals surface area (Å²) < 4.78 is 117. The molecule has 0 radical (unpaired) electrons. The third kappa shape index (κ3) is 15.1. The van der Waals surface area contributed by atoms with E-state index in [1.807, 2.05) is 35.2 Å². The van der Waals surface area contributed by atoms with Gasteiger partial charge in [-0.15, -0.1) is 22.7 Å². The van der Waals surface area contributed by atoms with Gasteiger partial charge in [0.2, 0.25) is 0 Å². The number of rotatable bonds is 15. The van der Waals surface area contributed by atoms with E-state index in [2.05, 4.69) is 56.6 Å². The van der Waals surface area contributed by atoms with Gasteiger partial charge in [0.1, 0.15) is 29.6 Å². The molecule has 0 spiro atoms. The fourth-order valence-electron chi connectivity index (χ4n) is 6.87. The van der Waals surface area contributed by atoms with Crippen LogP contribution in [0.4, 0.5) is 42.4 Å². The fourth-order valence-corrected chi connectivity index (χ4v) is 9.36. The smallest absolute Gasteiger partial charge is 0.364 e. The summed E-state index contributed by atoms with van der Waals surface area (Å²) in [6.07, 6.45) is 6.40. The van der Waals surface area contributed by atoms with Crippen LogP contribution in [0, 0.1) is 0 Å². The molecule has 13 nitrogen and oxygen atoms in total. The minimum absolute atomic E-state index is 0.168. The molecule has 2 aliphatic rings. The van der Waals surface area contributed by atoms with Crippen molar-refractivity contribution in [2.45, 2.75) is 68.0 Å². The van der Waals surface area contributed by atoms with Gasteiger partial charge in [0.05, 0.1) is 28.3 Å². The van der Waals surface area contributed by atoms with Crippen molar-refractivity contribution in [1.29, 1.82) is 0 Å². The van der Waals surface area contributed by atoms with Gasteiger partial charge < -0.3 is 16.0 Å². The summed E-state index contributed by atoms with van der Waals surface area (Å²) in [5.41, 5.74) is -4.51. The lowest BCUT2D eigenvalue weighted by Crippen LogP contribution is -2.40. The molecule has 2 fully saturated rings. The van der Waals surface area contributed by atoms with Gasteiger partial charge in [-0.1, -0.05) is 35.3 Å². The standard InChI is InChI=1S/C20H22ClF2N5S.C13H17ClN4S.C8H6F5NO3S/c21-18-5-4-15(29-18)12-25-19-11-16(26-27-19)14-6-9-28(10-7-14)13-20(22,23)17-3-1-2-8-24-17;14-12-2-1-10(19-12)8-16-13-7-11(17-18-13)9-3-5-15-6-4-9;9-7(10,6-3-1-2-4-14-6)5-17-18(15,16)8(11,12)13/h1-5,8,11,14H,6-7,9-10,12-13H2,(H2,25,26,27);1-2,7,9,15H,3-6,8H2,(H2,16,17,18);1-4H,5H2. The number of nitrogens with one attached hydrogen (secondary N) is 5. The lowest BCUT2D eigenvalue weighted by atomic mass is 9.93. The Morgan fingerprint density at radius 1 is 0.697 bits per heavy atom. The number of thiophene rings is 2. The number of aromatic nitrogens is 6. The molecule has 0 saturated carbocycles. The molecule has 5 N–H and O–H groups in total. The van der Waals surface area contributed by atoms with Gasteiger partial charge in [-0.3, -0.25) is 29.2 Å². The van der Waals surface area contributed by atoms with Crippen molar-refractivity contribution in [1.82, 2.24) is 40.6 Å². The number of halogens is 9. The molecule has 2 saturated heterocycles. The zero-order valence-electron chi connectivity index (χ0n) is 34.8. The Kier molecular flexibility index (Phi) is 17.9. The minimum Gasteiger partial charge on any atom is -0.364 e. The van der Waals surface area contributed by atoms with Crippen LogP contribution in [0.3, 0.4) is 0 Å². The number of alkyl halides is 7. The first-order chi connectivity index (χ1) is 31.4.